The van der Waals surface area contributed by atoms with E-state index in [0.717, 1.165) is 34.2 Å². The Morgan fingerprint density at radius 3 is 2.36 bits per heavy atom. The van der Waals surface area contributed by atoms with Crippen molar-refractivity contribution in [2.45, 2.75) is 65.3 Å². The van der Waals surface area contributed by atoms with Crippen molar-refractivity contribution in [2.24, 2.45) is 4.99 Å². The molecule has 1 atom stereocenters. The summed E-state index contributed by atoms with van der Waals surface area (Å²) in [5, 5.41) is 6.87. The van der Waals surface area contributed by atoms with Crippen LogP contribution in [0.25, 0.3) is 0 Å². The standard InChI is InChI=1S/C26H33N5O2/c1-16-14-28-26(29-19-11-17(24(2,3)4)10-18(12-19)25(5,6)7)31(23(16)30-33-26)20-8-9-22-21(13-20)27-15-32-22/h8-14,27,29-30H,15H2,1-7H3. The normalized spacial score (nSPS) is 21.5. The van der Waals surface area contributed by atoms with Crippen LogP contribution in [-0.4, -0.2) is 18.9 Å². The third-order valence-corrected chi connectivity index (χ3v) is 6.31. The van der Waals surface area contributed by atoms with Crippen LogP contribution < -0.4 is 25.8 Å². The van der Waals surface area contributed by atoms with Crippen LogP contribution in [0.5, 0.6) is 5.75 Å². The first-order valence-electron chi connectivity index (χ1n) is 11.4. The molecule has 0 radical (unpaired) electrons. The first-order chi connectivity index (χ1) is 15.5. The number of nitrogens with zero attached hydrogens (tertiary/aromatic N) is 2. The number of hydroxylamine groups is 1. The second-order valence-corrected chi connectivity index (χ2v) is 11.0. The minimum absolute atomic E-state index is 0.00691. The van der Waals surface area contributed by atoms with Gasteiger partial charge in [-0.2, -0.15) is 0 Å². The van der Waals surface area contributed by atoms with Gasteiger partial charge in [-0.05, 0) is 59.2 Å². The van der Waals surface area contributed by atoms with Crippen molar-refractivity contribution in [3.8, 4) is 5.75 Å². The summed E-state index contributed by atoms with van der Waals surface area (Å²) >= 11 is 0. The van der Waals surface area contributed by atoms with E-state index in [1.54, 1.807) is 0 Å². The number of benzene rings is 2. The molecular formula is C26H33N5O2. The summed E-state index contributed by atoms with van der Waals surface area (Å²) in [6, 6.07) is 12.8. The van der Waals surface area contributed by atoms with Crippen LogP contribution in [0.3, 0.4) is 0 Å². The molecule has 1 saturated heterocycles. The predicted molar refractivity (Wildman–Crippen MR) is 134 cm³/mol. The van der Waals surface area contributed by atoms with Gasteiger partial charge in [0.05, 0.1) is 11.4 Å². The van der Waals surface area contributed by atoms with Crippen LogP contribution in [0.4, 0.5) is 17.1 Å². The number of aliphatic imine (C=N–C) groups is 1. The van der Waals surface area contributed by atoms with Gasteiger partial charge in [-0.1, -0.05) is 47.6 Å². The molecule has 1 unspecified atom stereocenters. The quantitative estimate of drug-likeness (QED) is 0.583. The maximum absolute atomic E-state index is 6.13. The van der Waals surface area contributed by atoms with Crippen LogP contribution >= 0.6 is 0 Å². The highest BCUT2D eigenvalue weighted by Gasteiger charge is 2.50. The van der Waals surface area contributed by atoms with Gasteiger partial charge in [0, 0.05) is 17.5 Å². The molecule has 3 aliphatic heterocycles. The van der Waals surface area contributed by atoms with E-state index in [1.807, 2.05) is 25.3 Å². The Kier molecular flexibility index (Phi) is 4.69. The topological polar surface area (TPSA) is 70.2 Å². The van der Waals surface area contributed by atoms with Crippen LogP contribution in [0, 0.1) is 0 Å². The highest BCUT2D eigenvalue weighted by atomic mass is 16.7. The zero-order valence-electron chi connectivity index (χ0n) is 20.5. The fourth-order valence-corrected chi connectivity index (χ4v) is 4.23. The molecule has 0 saturated carbocycles. The van der Waals surface area contributed by atoms with E-state index < -0.39 is 5.97 Å². The van der Waals surface area contributed by atoms with Gasteiger partial charge < -0.3 is 15.4 Å². The van der Waals surface area contributed by atoms with Gasteiger partial charge in [0.25, 0.3) is 0 Å². The lowest BCUT2D eigenvalue weighted by molar-refractivity contribution is -0.0214. The SMILES string of the molecule is CC1=C2NOC(Nc3cc(C(C)(C)C)cc(C(C)(C)C)c3)(N=C1)N2c1ccc2c(c1)NCO2. The average Bonchev–Trinajstić information content (AvgIpc) is 3.31. The molecule has 7 nitrogen and oxygen atoms in total. The van der Waals surface area contributed by atoms with Crippen molar-refractivity contribution >= 4 is 23.3 Å². The van der Waals surface area contributed by atoms with Crippen molar-refractivity contribution < 1.29 is 9.57 Å². The number of fused-ring (bicyclic) bond motifs is 3. The fourth-order valence-electron chi connectivity index (χ4n) is 4.23. The van der Waals surface area contributed by atoms with Gasteiger partial charge in [0.1, 0.15) is 11.6 Å². The molecule has 2 aromatic rings. The van der Waals surface area contributed by atoms with Crippen molar-refractivity contribution in [1.29, 1.82) is 0 Å². The highest BCUT2D eigenvalue weighted by molar-refractivity contribution is 5.85. The molecule has 0 spiro atoms. The molecule has 0 aromatic heterocycles. The van der Waals surface area contributed by atoms with Crippen molar-refractivity contribution in [3.05, 3.63) is 58.9 Å². The molecule has 5 rings (SSSR count). The van der Waals surface area contributed by atoms with E-state index in [4.69, 9.17) is 14.6 Å². The molecule has 7 heteroatoms. The average molecular weight is 448 g/mol. The fraction of sp³-hybridized carbons (Fsp3) is 0.423. The molecule has 3 N–H and O–H groups in total. The number of rotatable bonds is 3. The second kappa shape index (κ2) is 7.15. The van der Waals surface area contributed by atoms with Crippen LogP contribution in [0.2, 0.25) is 0 Å². The smallest absolute Gasteiger partial charge is 0.351 e. The maximum Gasteiger partial charge on any atom is 0.351 e. The van der Waals surface area contributed by atoms with Gasteiger partial charge >= 0.3 is 5.97 Å². The number of allylic oxidation sites excluding steroid dienone is 1. The van der Waals surface area contributed by atoms with Crippen LogP contribution in [0.15, 0.2) is 52.8 Å². The zero-order chi connectivity index (χ0) is 23.6. The summed E-state index contributed by atoms with van der Waals surface area (Å²) in [6.45, 7) is 15.9. The molecule has 174 valence electrons. The maximum atomic E-state index is 6.13. The number of nitrogens with one attached hydrogen (secondary N) is 3. The predicted octanol–water partition coefficient (Wildman–Crippen LogP) is 5.42. The molecule has 33 heavy (non-hydrogen) atoms. The van der Waals surface area contributed by atoms with E-state index in [0.29, 0.717) is 6.73 Å². The zero-order valence-corrected chi connectivity index (χ0v) is 20.5. The number of hydrogen-bond donors (Lipinski definition) is 3. The minimum Gasteiger partial charge on any atom is -0.471 e. The van der Waals surface area contributed by atoms with Gasteiger partial charge in [-0.15, -0.1) is 0 Å². The van der Waals surface area contributed by atoms with E-state index in [-0.39, 0.29) is 10.8 Å². The van der Waals surface area contributed by atoms with Crippen LogP contribution in [-0.2, 0) is 15.7 Å². The molecule has 0 amide bonds. The Bertz CT molecular complexity index is 1140. The number of anilines is 3. The summed E-state index contributed by atoms with van der Waals surface area (Å²) in [5.41, 5.74) is 9.49. The molecule has 0 aliphatic carbocycles. The Hall–Kier alpha value is -3.19. The third kappa shape index (κ3) is 3.70. The lowest BCUT2D eigenvalue weighted by atomic mass is 9.80. The largest absolute Gasteiger partial charge is 0.471 e. The summed E-state index contributed by atoms with van der Waals surface area (Å²) < 4.78 is 5.61. The first kappa shape index (κ1) is 21.6. The van der Waals surface area contributed by atoms with Gasteiger partial charge in [-0.3, -0.25) is 4.90 Å². The van der Waals surface area contributed by atoms with E-state index in [9.17, 15) is 0 Å². The Labute approximate surface area is 195 Å². The highest BCUT2D eigenvalue weighted by Crippen LogP contribution is 2.43. The lowest BCUT2D eigenvalue weighted by Gasteiger charge is -2.37. The van der Waals surface area contributed by atoms with E-state index in [2.05, 4.69) is 86.8 Å². The molecular weight excluding hydrogens is 414 g/mol. The molecule has 3 aliphatic rings. The first-order valence-corrected chi connectivity index (χ1v) is 11.4. The summed E-state index contributed by atoms with van der Waals surface area (Å²) in [6.07, 6.45) is 1.85. The van der Waals surface area contributed by atoms with Crippen molar-refractivity contribution in [1.82, 2.24) is 5.48 Å². The van der Waals surface area contributed by atoms with E-state index >= 15 is 0 Å². The third-order valence-electron chi connectivity index (χ3n) is 6.31. The van der Waals surface area contributed by atoms with Gasteiger partial charge in [0.2, 0.25) is 0 Å². The number of hydrogen-bond acceptors (Lipinski definition) is 7. The minimum atomic E-state index is -1.14. The molecule has 2 bridgehead atoms. The Morgan fingerprint density at radius 1 is 1.00 bits per heavy atom. The Balaban J connectivity index is 1.59. The molecule has 3 heterocycles. The van der Waals surface area contributed by atoms with Crippen LogP contribution in [0.1, 0.15) is 59.6 Å². The van der Waals surface area contributed by atoms with Crippen molar-refractivity contribution in [2.75, 3.05) is 22.3 Å². The molecule has 2 aromatic carbocycles. The summed E-state index contributed by atoms with van der Waals surface area (Å²) in [4.78, 5) is 13.0. The van der Waals surface area contributed by atoms with E-state index in [1.165, 1.54) is 11.1 Å². The number of ether oxygens (including phenoxy) is 1. The van der Waals surface area contributed by atoms with Gasteiger partial charge in [0.15, 0.2) is 6.73 Å². The monoisotopic (exact) mass is 447 g/mol. The van der Waals surface area contributed by atoms with Gasteiger partial charge in [-0.25, -0.2) is 15.3 Å². The Morgan fingerprint density at radius 2 is 1.70 bits per heavy atom. The summed E-state index contributed by atoms with van der Waals surface area (Å²) in [7, 11) is 0. The molecule has 1 fully saturated rings. The second-order valence-electron chi connectivity index (χ2n) is 11.0. The van der Waals surface area contributed by atoms with Crippen molar-refractivity contribution in [3.63, 3.8) is 0 Å². The summed E-state index contributed by atoms with van der Waals surface area (Å²) in [5.74, 6) is 0.564. The lowest BCUT2D eigenvalue weighted by Crippen LogP contribution is -2.51.